The third-order valence-electron chi connectivity index (χ3n) is 3.42. The zero-order chi connectivity index (χ0) is 16.8. The van der Waals surface area contributed by atoms with Gasteiger partial charge in [0.25, 0.3) is 0 Å². The van der Waals surface area contributed by atoms with Crippen molar-refractivity contribution in [3.05, 3.63) is 53.6 Å². The van der Waals surface area contributed by atoms with E-state index in [0.717, 1.165) is 18.4 Å². The van der Waals surface area contributed by atoms with Gasteiger partial charge in [-0.05, 0) is 18.1 Å². The van der Waals surface area contributed by atoms with Gasteiger partial charge < -0.3 is 4.74 Å². The molecule has 1 aromatic rings. The maximum absolute atomic E-state index is 11.8. The van der Waals surface area contributed by atoms with Gasteiger partial charge in [-0.3, -0.25) is 0 Å². The summed E-state index contributed by atoms with van der Waals surface area (Å²) in [5.74, 6) is -0.543. The highest BCUT2D eigenvalue weighted by molar-refractivity contribution is 5.93. The van der Waals surface area contributed by atoms with Crippen molar-refractivity contribution in [2.45, 2.75) is 45.4 Å². The Bertz CT molecular complexity index is 553. The van der Waals surface area contributed by atoms with Gasteiger partial charge in [-0.15, -0.1) is 0 Å². The zero-order valence-electron chi connectivity index (χ0n) is 13.8. The second-order valence-corrected chi connectivity index (χ2v) is 5.37. The van der Waals surface area contributed by atoms with Gasteiger partial charge >= 0.3 is 5.97 Å². The van der Waals surface area contributed by atoms with Crippen molar-refractivity contribution in [2.75, 3.05) is 6.61 Å². The second-order valence-electron chi connectivity index (χ2n) is 5.37. The lowest BCUT2D eigenvalue weighted by Crippen LogP contribution is -2.07. The van der Waals surface area contributed by atoms with Crippen molar-refractivity contribution in [1.82, 2.24) is 0 Å². The lowest BCUT2D eigenvalue weighted by atomic mass is 10.1. The summed E-state index contributed by atoms with van der Waals surface area (Å²) in [4.78, 5) is 11.8. The van der Waals surface area contributed by atoms with Gasteiger partial charge in [-0.2, -0.15) is 5.26 Å². The fourth-order valence-corrected chi connectivity index (χ4v) is 2.10. The van der Waals surface area contributed by atoms with Crippen molar-refractivity contribution in [2.24, 2.45) is 0 Å². The van der Waals surface area contributed by atoms with Crippen LogP contribution >= 0.6 is 0 Å². The number of unbranched alkanes of at least 4 members (excludes halogenated alkanes) is 5. The number of esters is 1. The number of hydrogen-bond donors (Lipinski definition) is 0. The number of ether oxygens (including phenoxy) is 1. The Kier molecular flexibility index (Phi) is 9.95. The van der Waals surface area contributed by atoms with E-state index in [1.807, 2.05) is 42.5 Å². The third kappa shape index (κ3) is 8.63. The van der Waals surface area contributed by atoms with E-state index >= 15 is 0 Å². The molecule has 3 nitrogen and oxygen atoms in total. The van der Waals surface area contributed by atoms with Crippen LogP contribution in [0.15, 0.2) is 48.1 Å². The quantitative estimate of drug-likeness (QED) is 0.200. The van der Waals surface area contributed by atoms with Crippen LogP contribution in [0.2, 0.25) is 0 Å². The normalized spacial score (nSPS) is 11.4. The number of nitrogens with zero attached hydrogens (tertiary/aromatic N) is 1. The highest BCUT2D eigenvalue weighted by Gasteiger charge is 2.08. The molecule has 1 rings (SSSR count). The van der Waals surface area contributed by atoms with Crippen LogP contribution in [0.3, 0.4) is 0 Å². The molecule has 23 heavy (non-hydrogen) atoms. The summed E-state index contributed by atoms with van der Waals surface area (Å²) >= 11 is 0. The van der Waals surface area contributed by atoms with Crippen LogP contribution in [0.25, 0.3) is 6.08 Å². The van der Waals surface area contributed by atoms with E-state index in [0.29, 0.717) is 6.61 Å². The Balaban J connectivity index is 2.33. The molecule has 0 radical (unpaired) electrons. The number of carbonyl (C=O) groups is 1. The molecule has 0 unspecified atom stereocenters. The minimum absolute atomic E-state index is 0.0307. The van der Waals surface area contributed by atoms with Gasteiger partial charge in [0.2, 0.25) is 0 Å². The van der Waals surface area contributed by atoms with E-state index in [9.17, 15) is 4.79 Å². The fraction of sp³-hybridized carbons (Fsp3) is 0.400. The minimum Gasteiger partial charge on any atom is -0.462 e. The Morgan fingerprint density at radius 1 is 1.13 bits per heavy atom. The topological polar surface area (TPSA) is 50.1 Å². The molecule has 0 fully saturated rings. The Morgan fingerprint density at radius 2 is 1.83 bits per heavy atom. The van der Waals surface area contributed by atoms with E-state index in [-0.39, 0.29) is 5.57 Å². The van der Waals surface area contributed by atoms with Crippen LogP contribution in [0.5, 0.6) is 0 Å². The van der Waals surface area contributed by atoms with Crippen molar-refractivity contribution in [1.29, 1.82) is 5.26 Å². The first kappa shape index (κ1) is 18.7. The lowest BCUT2D eigenvalue weighted by Gasteiger charge is -2.03. The predicted octanol–water partition coefficient (Wildman–Crippen LogP) is 5.05. The van der Waals surface area contributed by atoms with Gasteiger partial charge in [-0.1, -0.05) is 81.5 Å². The lowest BCUT2D eigenvalue weighted by molar-refractivity contribution is -0.138. The molecule has 0 saturated heterocycles. The largest absolute Gasteiger partial charge is 0.462 e. The summed E-state index contributed by atoms with van der Waals surface area (Å²) in [5.41, 5.74) is 1.05. The average molecular weight is 311 g/mol. The summed E-state index contributed by atoms with van der Waals surface area (Å²) in [5, 5.41) is 9.04. The Morgan fingerprint density at radius 3 is 2.52 bits per heavy atom. The van der Waals surface area contributed by atoms with Gasteiger partial charge in [0.1, 0.15) is 11.6 Å². The van der Waals surface area contributed by atoms with Crippen LogP contribution in [0.1, 0.15) is 51.0 Å². The molecule has 0 atom stereocenters. The third-order valence-corrected chi connectivity index (χ3v) is 3.42. The van der Waals surface area contributed by atoms with Gasteiger partial charge in [0.15, 0.2) is 0 Å². The highest BCUT2D eigenvalue weighted by atomic mass is 16.5. The Labute approximate surface area is 139 Å². The highest BCUT2D eigenvalue weighted by Crippen LogP contribution is 2.07. The molecule has 0 N–H and O–H groups in total. The molecular weight excluding hydrogens is 286 g/mol. The molecule has 0 saturated carbocycles. The smallest absolute Gasteiger partial charge is 0.348 e. The second kappa shape index (κ2) is 12.2. The molecule has 1 aromatic carbocycles. The number of nitriles is 1. The van der Waals surface area contributed by atoms with E-state index in [2.05, 4.69) is 6.92 Å². The summed E-state index contributed by atoms with van der Waals surface area (Å²) < 4.78 is 5.14. The maximum Gasteiger partial charge on any atom is 0.348 e. The predicted molar refractivity (Wildman–Crippen MR) is 93.5 cm³/mol. The average Bonchev–Trinajstić information content (AvgIpc) is 2.58. The molecule has 0 aliphatic carbocycles. The summed E-state index contributed by atoms with van der Waals surface area (Å²) in [6.45, 7) is 2.57. The number of rotatable bonds is 10. The van der Waals surface area contributed by atoms with Crippen LogP contribution in [-0.2, 0) is 9.53 Å². The zero-order valence-corrected chi connectivity index (χ0v) is 13.8. The van der Waals surface area contributed by atoms with Gasteiger partial charge in [0.05, 0.1) is 6.61 Å². The fourth-order valence-electron chi connectivity index (χ4n) is 2.10. The van der Waals surface area contributed by atoms with Crippen LogP contribution in [0, 0.1) is 11.3 Å². The van der Waals surface area contributed by atoms with Crippen molar-refractivity contribution >= 4 is 12.0 Å². The van der Waals surface area contributed by atoms with Gasteiger partial charge in [-0.25, -0.2) is 4.79 Å². The molecule has 0 bridgehead atoms. The maximum atomic E-state index is 11.8. The summed E-state index contributed by atoms with van der Waals surface area (Å²) in [6.07, 6.45) is 11.8. The number of hydrogen-bond acceptors (Lipinski definition) is 3. The van der Waals surface area contributed by atoms with Crippen molar-refractivity contribution in [3.63, 3.8) is 0 Å². The molecule has 3 heteroatoms. The number of carbonyl (C=O) groups excluding carboxylic acids is 1. The number of benzene rings is 1. The Hall–Kier alpha value is -2.34. The van der Waals surface area contributed by atoms with Crippen LogP contribution < -0.4 is 0 Å². The van der Waals surface area contributed by atoms with E-state index < -0.39 is 5.97 Å². The first-order valence-corrected chi connectivity index (χ1v) is 8.28. The van der Waals surface area contributed by atoms with E-state index in [1.54, 1.807) is 6.08 Å². The standard InChI is InChI=1S/C20H25NO2/c1-2-3-4-5-6-10-16-23-20(22)19(17-21)15-11-14-18-12-8-7-9-13-18/h7-9,11-15H,2-6,10,16H2,1H3/b14-11+,19-15+. The molecule has 122 valence electrons. The molecule has 0 aliphatic heterocycles. The summed E-state index contributed by atoms with van der Waals surface area (Å²) in [6, 6.07) is 11.6. The molecular formula is C20H25NO2. The summed E-state index contributed by atoms with van der Waals surface area (Å²) in [7, 11) is 0. The van der Waals surface area contributed by atoms with Crippen molar-refractivity contribution in [3.8, 4) is 6.07 Å². The van der Waals surface area contributed by atoms with E-state index in [4.69, 9.17) is 10.00 Å². The van der Waals surface area contributed by atoms with Crippen molar-refractivity contribution < 1.29 is 9.53 Å². The molecule has 0 aromatic heterocycles. The monoisotopic (exact) mass is 311 g/mol. The molecule has 0 amide bonds. The minimum atomic E-state index is -0.543. The first-order chi connectivity index (χ1) is 11.3. The van der Waals surface area contributed by atoms with Crippen LogP contribution in [-0.4, -0.2) is 12.6 Å². The SMILES string of the molecule is CCCCCCCCOC(=O)/C(C#N)=C/C=C/c1ccccc1. The van der Waals surface area contributed by atoms with E-state index in [1.165, 1.54) is 31.8 Å². The molecule has 0 spiro atoms. The molecule has 0 heterocycles. The van der Waals surface area contributed by atoms with Gasteiger partial charge in [0, 0.05) is 0 Å². The van der Waals surface area contributed by atoms with Crippen LogP contribution in [0.4, 0.5) is 0 Å². The number of allylic oxidation sites excluding steroid dienone is 2. The molecule has 0 aliphatic rings. The first-order valence-electron chi connectivity index (χ1n) is 8.28.